The van der Waals surface area contributed by atoms with Crippen molar-refractivity contribution in [1.29, 1.82) is 5.26 Å². The minimum absolute atomic E-state index is 0.0443. The van der Waals surface area contributed by atoms with Gasteiger partial charge in [-0.3, -0.25) is 10.1 Å². The molecule has 9 nitrogen and oxygen atoms in total. The Morgan fingerprint density at radius 3 is 2.61 bits per heavy atom. The fourth-order valence-corrected chi connectivity index (χ4v) is 1.58. The van der Waals surface area contributed by atoms with Gasteiger partial charge in [-0.25, -0.2) is 4.79 Å². The minimum Gasteiger partial charge on any atom is -0.865 e. The number of hydrogen-bond donors (Lipinski definition) is 0. The number of nitriles is 1. The van der Waals surface area contributed by atoms with Crippen LogP contribution in [0.3, 0.4) is 0 Å². The molecule has 0 heterocycles. The Hall–Kier alpha value is -3.12. The summed E-state index contributed by atoms with van der Waals surface area (Å²) >= 11 is 0. The fraction of sp³-hybridized carbons (Fsp3) is 0.286. The summed E-state index contributed by atoms with van der Waals surface area (Å²) in [6.07, 6.45) is 1.07. The van der Waals surface area contributed by atoms with Crippen molar-refractivity contribution >= 4 is 17.7 Å². The zero-order valence-electron chi connectivity index (χ0n) is 12.4. The second kappa shape index (κ2) is 8.35. The summed E-state index contributed by atoms with van der Waals surface area (Å²) in [6, 6.07) is 3.77. The number of benzene rings is 1. The van der Waals surface area contributed by atoms with Gasteiger partial charge in [-0.1, -0.05) is 0 Å². The van der Waals surface area contributed by atoms with Crippen molar-refractivity contribution in [1.82, 2.24) is 0 Å². The number of nitrogens with zero attached hydrogens (tertiary/aromatic N) is 2. The standard InChI is InChI=1S/C14H14N2O7/c1-21-3-4-23-14(18)10(8-15)5-9-6-11(16(19)20)13(17)12(7-9)22-2/h5-7,17H,3-4H2,1-2H3/p-1/b10-5+. The third-order valence-corrected chi connectivity index (χ3v) is 2.65. The molecule has 1 aromatic rings. The van der Waals surface area contributed by atoms with E-state index in [-0.39, 0.29) is 30.1 Å². The SMILES string of the molecule is COCCOC(=O)/C(C#N)=C/c1cc(OC)c([O-])c([N+](=O)[O-])c1. The van der Waals surface area contributed by atoms with E-state index in [0.717, 1.165) is 12.1 Å². The van der Waals surface area contributed by atoms with E-state index in [9.17, 15) is 20.0 Å². The molecule has 1 aromatic carbocycles. The fourth-order valence-electron chi connectivity index (χ4n) is 1.58. The van der Waals surface area contributed by atoms with Crippen molar-refractivity contribution in [3.8, 4) is 17.6 Å². The second-order valence-corrected chi connectivity index (χ2v) is 4.13. The van der Waals surface area contributed by atoms with Crippen LogP contribution < -0.4 is 9.84 Å². The van der Waals surface area contributed by atoms with Gasteiger partial charge >= 0.3 is 5.97 Å². The van der Waals surface area contributed by atoms with Crippen LogP contribution in [0.25, 0.3) is 6.08 Å². The quantitative estimate of drug-likeness (QED) is 0.179. The second-order valence-electron chi connectivity index (χ2n) is 4.13. The summed E-state index contributed by atoms with van der Waals surface area (Å²) in [5, 5.41) is 31.6. The maximum Gasteiger partial charge on any atom is 0.348 e. The Bertz CT molecular complexity index is 676. The maximum atomic E-state index is 11.7. The maximum absolute atomic E-state index is 11.7. The average Bonchev–Trinajstić information content (AvgIpc) is 2.53. The first-order valence-corrected chi connectivity index (χ1v) is 6.25. The van der Waals surface area contributed by atoms with Crippen LogP contribution in [-0.2, 0) is 14.3 Å². The number of hydrogen-bond acceptors (Lipinski definition) is 8. The Morgan fingerprint density at radius 2 is 2.09 bits per heavy atom. The van der Waals surface area contributed by atoms with E-state index in [1.807, 2.05) is 0 Å². The summed E-state index contributed by atoms with van der Waals surface area (Å²) in [5.41, 5.74) is -1.01. The number of nitro groups is 1. The summed E-state index contributed by atoms with van der Waals surface area (Å²) in [6.45, 7) is 0.117. The third-order valence-electron chi connectivity index (χ3n) is 2.65. The van der Waals surface area contributed by atoms with Gasteiger partial charge in [0.1, 0.15) is 24.0 Å². The van der Waals surface area contributed by atoms with E-state index >= 15 is 0 Å². The first kappa shape index (κ1) is 17.9. The van der Waals surface area contributed by atoms with Gasteiger partial charge in [-0.2, -0.15) is 5.26 Å². The number of nitro benzene ring substituents is 1. The molecule has 0 N–H and O–H groups in total. The molecule has 0 amide bonds. The molecular formula is C14H13N2O7-. The molecule has 0 spiro atoms. The van der Waals surface area contributed by atoms with E-state index in [1.165, 1.54) is 20.3 Å². The predicted molar refractivity (Wildman–Crippen MR) is 75.5 cm³/mol. The normalized spacial score (nSPS) is 10.7. The topological polar surface area (TPSA) is 135 Å². The van der Waals surface area contributed by atoms with E-state index in [4.69, 9.17) is 19.5 Å². The lowest BCUT2D eigenvalue weighted by Gasteiger charge is -2.13. The van der Waals surface area contributed by atoms with E-state index < -0.39 is 22.3 Å². The summed E-state index contributed by atoms with van der Waals surface area (Å²) in [7, 11) is 2.60. The molecule has 0 aliphatic rings. The number of ether oxygens (including phenoxy) is 3. The van der Waals surface area contributed by atoms with E-state index in [1.54, 1.807) is 6.07 Å². The summed E-state index contributed by atoms with van der Waals surface area (Å²) in [5.74, 6) is -2.07. The van der Waals surface area contributed by atoms with Crippen LogP contribution in [0.1, 0.15) is 5.56 Å². The summed E-state index contributed by atoms with van der Waals surface area (Å²) < 4.78 is 14.3. The molecule has 23 heavy (non-hydrogen) atoms. The van der Waals surface area contributed by atoms with Crippen molar-refractivity contribution in [2.24, 2.45) is 0 Å². The highest BCUT2D eigenvalue weighted by Crippen LogP contribution is 2.35. The molecule has 0 aliphatic heterocycles. The molecule has 122 valence electrons. The van der Waals surface area contributed by atoms with Gasteiger partial charge in [0.05, 0.1) is 18.6 Å². The van der Waals surface area contributed by atoms with Crippen molar-refractivity contribution in [2.75, 3.05) is 27.4 Å². The van der Waals surface area contributed by atoms with Gasteiger partial charge in [-0.05, 0) is 17.7 Å². The van der Waals surface area contributed by atoms with Crippen LogP contribution in [0.4, 0.5) is 5.69 Å². The van der Waals surface area contributed by atoms with Crippen LogP contribution >= 0.6 is 0 Å². The first-order valence-electron chi connectivity index (χ1n) is 6.25. The molecule has 0 radical (unpaired) electrons. The van der Waals surface area contributed by atoms with Gasteiger partial charge in [-0.15, -0.1) is 0 Å². The van der Waals surface area contributed by atoms with Crippen LogP contribution in [0.2, 0.25) is 0 Å². The monoisotopic (exact) mass is 321 g/mol. The molecule has 0 atom stereocenters. The number of esters is 1. The van der Waals surface area contributed by atoms with Gasteiger partial charge < -0.3 is 19.3 Å². The lowest BCUT2D eigenvalue weighted by Crippen LogP contribution is -2.11. The number of carbonyl (C=O) groups is 1. The van der Waals surface area contributed by atoms with Gasteiger partial charge in [0.25, 0.3) is 5.69 Å². The lowest BCUT2D eigenvalue weighted by atomic mass is 10.1. The largest absolute Gasteiger partial charge is 0.865 e. The Kier molecular flexibility index (Phi) is 6.51. The molecule has 0 saturated carbocycles. The highest BCUT2D eigenvalue weighted by molar-refractivity contribution is 5.98. The number of carbonyl (C=O) groups excluding carboxylic acids is 1. The van der Waals surface area contributed by atoms with Crippen molar-refractivity contribution in [2.45, 2.75) is 0 Å². The zero-order valence-corrected chi connectivity index (χ0v) is 12.4. The van der Waals surface area contributed by atoms with E-state index in [0.29, 0.717) is 0 Å². The van der Waals surface area contributed by atoms with Crippen LogP contribution in [0.15, 0.2) is 17.7 Å². The highest BCUT2D eigenvalue weighted by atomic mass is 16.6. The number of rotatable bonds is 7. The average molecular weight is 321 g/mol. The minimum atomic E-state index is -0.905. The Balaban J connectivity index is 3.18. The number of methoxy groups -OCH3 is 2. The summed E-state index contributed by atoms with van der Waals surface area (Å²) in [4.78, 5) is 21.7. The first-order chi connectivity index (χ1) is 10.9. The van der Waals surface area contributed by atoms with Gasteiger partial charge in [0, 0.05) is 18.9 Å². The molecular weight excluding hydrogens is 308 g/mol. The molecule has 0 unspecified atom stereocenters. The van der Waals surface area contributed by atoms with Gasteiger partial charge in [0.15, 0.2) is 0 Å². The molecule has 0 aromatic heterocycles. The molecule has 0 aliphatic carbocycles. The Morgan fingerprint density at radius 1 is 1.39 bits per heavy atom. The smallest absolute Gasteiger partial charge is 0.348 e. The van der Waals surface area contributed by atoms with Crippen LogP contribution in [0, 0.1) is 21.4 Å². The Labute approximate surface area is 131 Å². The van der Waals surface area contributed by atoms with Crippen molar-refractivity contribution in [3.63, 3.8) is 0 Å². The lowest BCUT2D eigenvalue weighted by molar-refractivity contribution is -0.398. The van der Waals surface area contributed by atoms with Crippen LogP contribution in [0.5, 0.6) is 11.5 Å². The van der Waals surface area contributed by atoms with Crippen molar-refractivity contribution in [3.05, 3.63) is 33.4 Å². The van der Waals surface area contributed by atoms with Gasteiger partial charge in [0.2, 0.25) is 0 Å². The van der Waals surface area contributed by atoms with Crippen molar-refractivity contribution < 1.29 is 29.0 Å². The molecule has 0 fully saturated rings. The predicted octanol–water partition coefficient (Wildman–Crippen LogP) is 0.774. The highest BCUT2D eigenvalue weighted by Gasteiger charge is 2.15. The zero-order chi connectivity index (χ0) is 17.4. The van der Waals surface area contributed by atoms with Crippen LogP contribution in [-0.4, -0.2) is 38.3 Å². The third kappa shape index (κ3) is 4.69. The molecule has 0 saturated heterocycles. The molecule has 1 rings (SSSR count). The van der Waals surface area contributed by atoms with E-state index in [2.05, 4.69) is 0 Å². The molecule has 0 bridgehead atoms. The molecule has 9 heteroatoms.